The number of hydrogen-bond acceptors (Lipinski definition) is 3. The summed E-state index contributed by atoms with van der Waals surface area (Å²) in [6, 6.07) is 12.6. The Kier molecular flexibility index (Phi) is 6.09. The third-order valence-corrected chi connectivity index (χ3v) is 5.99. The largest absolute Gasteiger partial charge is 0.444 e. The molecule has 4 rings (SSSR count). The van der Waals surface area contributed by atoms with Crippen LogP contribution in [-0.4, -0.2) is 40.6 Å². The Hall–Kier alpha value is -3.09. The molecular weight excluding hydrogens is 409 g/mol. The first-order valence-electron chi connectivity index (χ1n) is 11.1. The number of ether oxygens (including phenoxy) is 1. The molecule has 1 fully saturated rings. The fourth-order valence-electron chi connectivity index (χ4n) is 4.29. The topological polar surface area (TPSA) is 61.9 Å². The minimum Gasteiger partial charge on any atom is -0.444 e. The van der Waals surface area contributed by atoms with Gasteiger partial charge in [-0.05, 0) is 68.9 Å². The maximum atomic E-state index is 13.9. The first kappa shape index (κ1) is 22.1. The van der Waals surface area contributed by atoms with Crippen molar-refractivity contribution in [1.82, 2.24) is 9.80 Å². The number of rotatable bonds is 2. The lowest BCUT2D eigenvalue weighted by molar-refractivity contribution is 0.0205. The molecule has 0 saturated carbocycles. The lowest BCUT2D eigenvalue weighted by Gasteiger charge is -2.33. The van der Waals surface area contributed by atoms with Crippen LogP contribution in [0.1, 0.15) is 56.2 Å². The summed E-state index contributed by atoms with van der Waals surface area (Å²) in [5.41, 5.74) is 2.87. The van der Waals surface area contributed by atoms with Crippen LogP contribution in [-0.2, 0) is 17.8 Å². The molecule has 0 aliphatic carbocycles. The van der Waals surface area contributed by atoms with Gasteiger partial charge >= 0.3 is 12.1 Å². The van der Waals surface area contributed by atoms with E-state index in [0.29, 0.717) is 36.8 Å². The van der Waals surface area contributed by atoms with Crippen molar-refractivity contribution in [1.29, 1.82) is 0 Å². The van der Waals surface area contributed by atoms with Crippen molar-refractivity contribution < 1.29 is 18.7 Å². The Labute approximate surface area is 188 Å². The number of nitrogens with one attached hydrogen (secondary N) is 1. The molecule has 1 N–H and O–H groups in total. The number of anilines is 1. The minimum atomic E-state index is -0.486. The lowest BCUT2D eigenvalue weighted by atomic mass is 9.89. The van der Waals surface area contributed by atoms with Crippen molar-refractivity contribution in [2.75, 3.05) is 18.4 Å². The fourth-order valence-corrected chi connectivity index (χ4v) is 4.29. The molecule has 2 aromatic rings. The highest BCUT2D eigenvalue weighted by Crippen LogP contribution is 2.30. The zero-order valence-electron chi connectivity index (χ0n) is 18.9. The summed E-state index contributed by atoms with van der Waals surface area (Å²) in [7, 11) is 0. The summed E-state index contributed by atoms with van der Waals surface area (Å²) in [6.45, 7) is 7.65. The van der Waals surface area contributed by atoms with E-state index in [1.54, 1.807) is 15.9 Å². The number of piperidine rings is 1. The lowest BCUT2D eigenvalue weighted by Crippen LogP contribution is -2.41. The average molecular weight is 440 g/mol. The second kappa shape index (κ2) is 8.81. The van der Waals surface area contributed by atoms with Crippen molar-refractivity contribution in [3.05, 3.63) is 65.0 Å². The quantitative estimate of drug-likeness (QED) is 0.673. The molecule has 0 atom stereocenters. The number of carbonyl (C=O) groups excluding carboxylic acids is 2. The first-order chi connectivity index (χ1) is 15.2. The normalized spacial score (nSPS) is 16.6. The van der Waals surface area contributed by atoms with Crippen molar-refractivity contribution in [2.24, 2.45) is 0 Å². The molecule has 1 saturated heterocycles. The van der Waals surface area contributed by atoms with Crippen molar-refractivity contribution >= 4 is 17.8 Å². The van der Waals surface area contributed by atoms with Gasteiger partial charge in [0.25, 0.3) is 0 Å². The standard InChI is InChI=1S/C25H30FN3O3/c1-25(2,3)32-24(31)28-13-11-18(12-14-28)17-7-9-20(10-8-17)27-23(30)29-15-19-5-4-6-22(26)21(19)16-29/h4-10,18H,11-16H2,1-3H3,(H,27,30). The van der Waals surface area contributed by atoms with Crippen molar-refractivity contribution in [2.45, 2.75) is 58.2 Å². The highest BCUT2D eigenvalue weighted by molar-refractivity contribution is 5.89. The molecule has 0 radical (unpaired) electrons. The van der Waals surface area contributed by atoms with Crippen LogP contribution < -0.4 is 5.32 Å². The first-order valence-corrected chi connectivity index (χ1v) is 11.1. The molecule has 2 aliphatic rings. The van der Waals surface area contributed by atoms with Crippen LogP contribution in [0.2, 0.25) is 0 Å². The Morgan fingerprint density at radius 3 is 2.31 bits per heavy atom. The Balaban J connectivity index is 1.29. The zero-order chi connectivity index (χ0) is 22.9. The second-order valence-corrected chi connectivity index (χ2v) is 9.53. The molecule has 0 bridgehead atoms. The highest BCUT2D eigenvalue weighted by Gasteiger charge is 2.28. The third-order valence-electron chi connectivity index (χ3n) is 5.99. The van der Waals surface area contributed by atoms with Crippen LogP contribution in [0.5, 0.6) is 0 Å². The number of hydrogen-bond donors (Lipinski definition) is 1. The molecule has 2 heterocycles. The fraction of sp³-hybridized carbons (Fsp3) is 0.440. The number of halogens is 1. The van der Waals surface area contributed by atoms with Gasteiger partial charge in [-0.2, -0.15) is 0 Å². The van der Waals surface area contributed by atoms with Crippen LogP contribution in [0.15, 0.2) is 42.5 Å². The molecule has 3 amide bonds. The zero-order valence-corrected chi connectivity index (χ0v) is 18.9. The summed E-state index contributed by atoms with van der Waals surface area (Å²) in [5, 5.41) is 2.91. The van der Waals surface area contributed by atoms with E-state index in [1.807, 2.05) is 51.1 Å². The number of nitrogens with zero attached hydrogens (tertiary/aromatic N) is 2. The van der Waals surface area contributed by atoms with Gasteiger partial charge in [-0.25, -0.2) is 14.0 Å². The van der Waals surface area contributed by atoms with Gasteiger partial charge in [0.15, 0.2) is 0 Å². The number of benzene rings is 2. The predicted octanol–water partition coefficient (Wildman–Crippen LogP) is 5.49. The highest BCUT2D eigenvalue weighted by atomic mass is 19.1. The molecule has 6 nitrogen and oxygen atoms in total. The van der Waals surface area contributed by atoms with E-state index in [0.717, 1.165) is 18.4 Å². The van der Waals surface area contributed by atoms with Crippen LogP contribution in [0.4, 0.5) is 19.7 Å². The molecule has 170 valence electrons. The van der Waals surface area contributed by atoms with Crippen LogP contribution >= 0.6 is 0 Å². The SMILES string of the molecule is CC(C)(C)OC(=O)N1CCC(c2ccc(NC(=O)N3Cc4cccc(F)c4C3)cc2)CC1. The Bertz CT molecular complexity index is 992. The smallest absolute Gasteiger partial charge is 0.410 e. The summed E-state index contributed by atoms with van der Waals surface area (Å²) in [5.74, 6) is 0.106. The van der Waals surface area contributed by atoms with E-state index in [1.165, 1.54) is 11.6 Å². The predicted molar refractivity (Wildman–Crippen MR) is 121 cm³/mol. The molecule has 2 aliphatic heterocycles. The molecule has 2 aromatic carbocycles. The molecular formula is C25H30FN3O3. The van der Waals surface area contributed by atoms with E-state index in [4.69, 9.17) is 4.74 Å². The minimum absolute atomic E-state index is 0.237. The number of likely N-dealkylation sites (tertiary alicyclic amines) is 1. The molecule has 0 aromatic heterocycles. The number of carbonyl (C=O) groups is 2. The summed E-state index contributed by atoms with van der Waals surface area (Å²) in [4.78, 5) is 28.2. The molecule has 7 heteroatoms. The number of amides is 3. The molecule has 0 unspecified atom stereocenters. The Morgan fingerprint density at radius 2 is 1.69 bits per heavy atom. The van der Waals surface area contributed by atoms with Gasteiger partial charge in [0, 0.05) is 30.9 Å². The summed E-state index contributed by atoms with van der Waals surface area (Å²) < 4.78 is 19.4. The summed E-state index contributed by atoms with van der Waals surface area (Å²) in [6.07, 6.45) is 1.50. The van der Waals surface area contributed by atoms with E-state index in [9.17, 15) is 14.0 Å². The third kappa shape index (κ3) is 5.03. The average Bonchev–Trinajstić information content (AvgIpc) is 3.19. The number of fused-ring (bicyclic) bond motifs is 1. The van der Waals surface area contributed by atoms with Gasteiger partial charge in [-0.3, -0.25) is 0 Å². The Morgan fingerprint density at radius 1 is 1.00 bits per heavy atom. The van der Waals surface area contributed by atoms with Gasteiger partial charge < -0.3 is 19.9 Å². The van der Waals surface area contributed by atoms with Crippen LogP contribution in [0.25, 0.3) is 0 Å². The van der Waals surface area contributed by atoms with Gasteiger partial charge in [0.1, 0.15) is 11.4 Å². The van der Waals surface area contributed by atoms with E-state index in [-0.39, 0.29) is 24.5 Å². The molecule has 0 spiro atoms. The van der Waals surface area contributed by atoms with E-state index in [2.05, 4.69) is 5.32 Å². The second-order valence-electron chi connectivity index (χ2n) is 9.53. The van der Waals surface area contributed by atoms with Crippen molar-refractivity contribution in [3.8, 4) is 0 Å². The number of urea groups is 1. The van der Waals surface area contributed by atoms with Gasteiger partial charge in [0.2, 0.25) is 0 Å². The monoisotopic (exact) mass is 439 g/mol. The van der Waals surface area contributed by atoms with Crippen LogP contribution in [0.3, 0.4) is 0 Å². The van der Waals surface area contributed by atoms with Gasteiger partial charge in [-0.15, -0.1) is 0 Å². The van der Waals surface area contributed by atoms with E-state index < -0.39 is 5.60 Å². The van der Waals surface area contributed by atoms with Crippen molar-refractivity contribution in [3.63, 3.8) is 0 Å². The van der Waals surface area contributed by atoms with Gasteiger partial charge in [0.05, 0.1) is 6.54 Å². The maximum Gasteiger partial charge on any atom is 0.410 e. The van der Waals surface area contributed by atoms with Crippen LogP contribution in [0, 0.1) is 5.82 Å². The maximum absolute atomic E-state index is 13.9. The van der Waals surface area contributed by atoms with Gasteiger partial charge in [-0.1, -0.05) is 24.3 Å². The summed E-state index contributed by atoms with van der Waals surface area (Å²) >= 11 is 0. The molecule has 32 heavy (non-hydrogen) atoms. The van der Waals surface area contributed by atoms with E-state index >= 15 is 0 Å².